The molecule has 2 N–H and O–H groups in total. The number of carbonyl (C=O) groups excluding carboxylic acids is 2. The first kappa shape index (κ1) is 15.6. The van der Waals surface area contributed by atoms with Crippen molar-refractivity contribution in [3.05, 3.63) is 59.7 Å². The highest BCUT2D eigenvalue weighted by Gasteiger charge is 2.13. The molecule has 2 aromatic carbocycles. The number of aryl methyl sites for hydroxylation is 1. The van der Waals surface area contributed by atoms with Crippen LogP contribution in [0.2, 0.25) is 0 Å². The van der Waals surface area contributed by atoms with Gasteiger partial charge in [0.25, 0.3) is 0 Å². The van der Waals surface area contributed by atoms with Crippen LogP contribution in [0.3, 0.4) is 0 Å². The molecule has 0 bridgehead atoms. The Hall–Kier alpha value is -2.82. The van der Waals surface area contributed by atoms with Crippen molar-refractivity contribution in [2.75, 3.05) is 12.4 Å². The summed E-state index contributed by atoms with van der Waals surface area (Å²) in [5.41, 5.74) is 1.43. The van der Waals surface area contributed by atoms with Crippen molar-refractivity contribution in [1.82, 2.24) is 0 Å². The van der Waals surface area contributed by atoms with Gasteiger partial charge in [-0.05, 0) is 30.2 Å². The van der Waals surface area contributed by atoms with Crippen LogP contribution < -0.4 is 5.32 Å². The molecule has 1 amide bonds. The van der Waals surface area contributed by atoms with Gasteiger partial charge in [0.15, 0.2) is 0 Å². The number of amides is 1. The lowest BCUT2D eigenvalue weighted by Gasteiger charge is -2.10. The van der Waals surface area contributed by atoms with E-state index in [9.17, 15) is 14.7 Å². The quantitative estimate of drug-likeness (QED) is 0.832. The molecule has 0 unspecified atom stereocenters. The highest BCUT2D eigenvalue weighted by molar-refractivity contribution is 6.01. The Labute approximate surface area is 128 Å². The van der Waals surface area contributed by atoms with Crippen LogP contribution in [0, 0.1) is 0 Å². The van der Waals surface area contributed by atoms with E-state index in [1.807, 2.05) is 0 Å². The number of benzene rings is 2. The van der Waals surface area contributed by atoms with Crippen molar-refractivity contribution in [3.8, 4) is 5.75 Å². The minimum atomic E-state index is -0.503. The molecule has 2 rings (SSSR count). The van der Waals surface area contributed by atoms with Gasteiger partial charge in [0.2, 0.25) is 5.91 Å². The molecule has 0 heterocycles. The fourth-order valence-corrected chi connectivity index (χ4v) is 2.06. The van der Waals surface area contributed by atoms with Crippen molar-refractivity contribution in [1.29, 1.82) is 0 Å². The summed E-state index contributed by atoms with van der Waals surface area (Å²) in [5, 5.41) is 12.4. The molecular formula is C17H17NO4. The summed E-state index contributed by atoms with van der Waals surface area (Å²) >= 11 is 0. The Bertz CT molecular complexity index is 682. The van der Waals surface area contributed by atoms with Crippen LogP contribution in [-0.4, -0.2) is 24.1 Å². The molecule has 22 heavy (non-hydrogen) atoms. The van der Waals surface area contributed by atoms with Gasteiger partial charge < -0.3 is 15.2 Å². The van der Waals surface area contributed by atoms with Gasteiger partial charge in [-0.3, -0.25) is 4.79 Å². The number of anilines is 1. The molecule has 0 aliphatic rings. The molecule has 114 valence electrons. The highest BCUT2D eigenvalue weighted by atomic mass is 16.5. The summed E-state index contributed by atoms with van der Waals surface area (Å²) in [6, 6.07) is 13.5. The van der Waals surface area contributed by atoms with E-state index in [0.717, 1.165) is 0 Å². The molecule has 5 nitrogen and oxygen atoms in total. The highest BCUT2D eigenvalue weighted by Crippen LogP contribution is 2.19. The Morgan fingerprint density at radius 1 is 1.09 bits per heavy atom. The molecule has 0 atom stereocenters. The second kappa shape index (κ2) is 7.26. The normalized spacial score (nSPS) is 10.0. The van der Waals surface area contributed by atoms with E-state index in [0.29, 0.717) is 23.2 Å². The number of ether oxygens (including phenoxy) is 1. The maximum atomic E-state index is 12.0. The lowest BCUT2D eigenvalue weighted by molar-refractivity contribution is -0.116. The smallest absolute Gasteiger partial charge is 0.339 e. The van der Waals surface area contributed by atoms with Crippen LogP contribution in [0.4, 0.5) is 5.69 Å². The number of nitrogens with one attached hydrogen (secondary N) is 1. The van der Waals surface area contributed by atoms with Gasteiger partial charge >= 0.3 is 5.97 Å². The molecular weight excluding hydrogens is 282 g/mol. The largest absolute Gasteiger partial charge is 0.508 e. The summed E-state index contributed by atoms with van der Waals surface area (Å²) in [5.74, 6) is -0.568. The zero-order chi connectivity index (χ0) is 15.9. The Morgan fingerprint density at radius 2 is 1.77 bits per heavy atom. The molecule has 0 aromatic heterocycles. The van der Waals surface area contributed by atoms with Crippen LogP contribution >= 0.6 is 0 Å². The van der Waals surface area contributed by atoms with E-state index in [4.69, 9.17) is 0 Å². The van der Waals surface area contributed by atoms with E-state index in [1.165, 1.54) is 7.11 Å². The molecule has 0 aliphatic heterocycles. The Balaban J connectivity index is 2.01. The van der Waals surface area contributed by atoms with Crippen LogP contribution in [0.15, 0.2) is 48.5 Å². The first-order chi connectivity index (χ1) is 10.6. The number of carbonyl (C=O) groups is 2. The van der Waals surface area contributed by atoms with Gasteiger partial charge in [-0.15, -0.1) is 0 Å². The lowest BCUT2D eigenvalue weighted by Crippen LogP contribution is -2.15. The fraction of sp³-hybridized carbons (Fsp3) is 0.176. The van der Waals surface area contributed by atoms with Crippen molar-refractivity contribution in [3.63, 3.8) is 0 Å². The number of hydrogen-bond donors (Lipinski definition) is 2. The number of rotatable bonds is 5. The molecule has 0 spiro atoms. The maximum Gasteiger partial charge on any atom is 0.339 e. The number of phenols is 1. The number of phenolic OH excluding ortho intramolecular Hbond substituents is 1. The standard InChI is InChI=1S/C17H17NO4/c1-22-17(21)13-7-3-4-8-14(13)18-16(20)11-10-12-6-2-5-9-15(12)19/h2-9,19H,10-11H2,1H3,(H,18,20). The number of methoxy groups -OCH3 is 1. The molecule has 0 saturated carbocycles. The fourth-order valence-electron chi connectivity index (χ4n) is 2.06. The van der Waals surface area contributed by atoms with E-state index in [-0.39, 0.29) is 18.1 Å². The van der Waals surface area contributed by atoms with Crippen molar-refractivity contribution in [2.24, 2.45) is 0 Å². The van der Waals surface area contributed by atoms with Gasteiger partial charge in [-0.2, -0.15) is 0 Å². The molecule has 0 radical (unpaired) electrons. The van der Waals surface area contributed by atoms with Gasteiger partial charge in [0.05, 0.1) is 18.4 Å². The summed E-state index contributed by atoms with van der Waals surface area (Å²) in [6.07, 6.45) is 0.617. The SMILES string of the molecule is COC(=O)c1ccccc1NC(=O)CCc1ccccc1O. The summed E-state index contributed by atoms with van der Waals surface area (Å²) in [4.78, 5) is 23.6. The summed E-state index contributed by atoms with van der Waals surface area (Å²) < 4.78 is 4.68. The third-order valence-electron chi connectivity index (χ3n) is 3.22. The Kier molecular flexibility index (Phi) is 5.14. The predicted octanol–water partition coefficient (Wildman–Crippen LogP) is 2.75. The van der Waals surface area contributed by atoms with E-state index in [2.05, 4.69) is 10.1 Å². The second-order valence-corrected chi connectivity index (χ2v) is 4.71. The van der Waals surface area contributed by atoms with E-state index >= 15 is 0 Å². The molecule has 0 fully saturated rings. The van der Waals surface area contributed by atoms with Gasteiger partial charge in [0, 0.05) is 6.42 Å². The Morgan fingerprint density at radius 3 is 2.50 bits per heavy atom. The molecule has 5 heteroatoms. The van der Waals surface area contributed by atoms with Gasteiger partial charge in [-0.1, -0.05) is 30.3 Å². The number of hydrogen-bond acceptors (Lipinski definition) is 4. The predicted molar refractivity (Wildman–Crippen MR) is 82.8 cm³/mol. The number of aromatic hydroxyl groups is 1. The van der Waals surface area contributed by atoms with E-state index in [1.54, 1.807) is 48.5 Å². The van der Waals surface area contributed by atoms with Crippen molar-refractivity contribution < 1.29 is 19.4 Å². The van der Waals surface area contributed by atoms with Crippen LogP contribution in [0.5, 0.6) is 5.75 Å². The van der Waals surface area contributed by atoms with E-state index < -0.39 is 5.97 Å². The number of para-hydroxylation sites is 2. The minimum Gasteiger partial charge on any atom is -0.508 e. The second-order valence-electron chi connectivity index (χ2n) is 4.71. The summed E-state index contributed by atoms with van der Waals surface area (Å²) in [6.45, 7) is 0. The monoisotopic (exact) mass is 299 g/mol. The third-order valence-corrected chi connectivity index (χ3v) is 3.22. The van der Waals surface area contributed by atoms with Crippen LogP contribution in [0.1, 0.15) is 22.3 Å². The molecule has 0 aliphatic carbocycles. The first-order valence-corrected chi connectivity index (χ1v) is 6.86. The maximum absolute atomic E-state index is 12.0. The number of esters is 1. The average Bonchev–Trinajstić information content (AvgIpc) is 2.54. The molecule has 2 aromatic rings. The van der Waals surface area contributed by atoms with Crippen molar-refractivity contribution >= 4 is 17.6 Å². The topological polar surface area (TPSA) is 75.6 Å². The molecule has 0 saturated heterocycles. The first-order valence-electron chi connectivity index (χ1n) is 6.86. The zero-order valence-corrected chi connectivity index (χ0v) is 12.2. The minimum absolute atomic E-state index is 0.172. The van der Waals surface area contributed by atoms with Crippen LogP contribution in [0.25, 0.3) is 0 Å². The average molecular weight is 299 g/mol. The van der Waals surface area contributed by atoms with Gasteiger partial charge in [0.1, 0.15) is 5.75 Å². The zero-order valence-electron chi connectivity index (χ0n) is 12.2. The third kappa shape index (κ3) is 3.85. The van der Waals surface area contributed by atoms with Crippen LogP contribution in [-0.2, 0) is 16.0 Å². The summed E-state index contributed by atoms with van der Waals surface area (Å²) in [7, 11) is 1.29. The van der Waals surface area contributed by atoms with Gasteiger partial charge in [-0.25, -0.2) is 4.79 Å². The lowest BCUT2D eigenvalue weighted by atomic mass is 10.1. The van der Waals surface area contributed by atoms with Crippen molar-refractivity contribution in [2.45, 2.75) is 12.8 Å².